The van der Waals surface area contributed by atoms with E-state index in [9.17, 15) is 13.2 Å². The van der Waals surface area contributed by atoms with Crippen molar-refractivity contribution in [1.29, 1.82) is 0 Å². The molecule has 4 N–H and O–H groups in total. The molecular formula is C20H21N7O3S. The number of carbonyl (C=O) groups excluding carboxylic acids is 1. The highest BCUT2D eigenvalue weighted by atomic mass is 32.2. The van der Waals surface area contributed by atoms with Crippen LogP contribution >= 0.6 is 0 Å². The lowest BCUT2D eigenvalue weighted by molar-refractivity contribution is -0.112. The minimum atomic E-state index is -3.47. The predicted molar refractivity (Wildman–Crippen MR) is 118 cm³/mol. The molecule has 1 fully saturated rings. The first-order chi connectivity index (χ1) is 14.8. The van der Waals surface area contributed by atoms with Gasteiger partial charge in [-0.05, 0) is 41.6 Å². The Morgan fingerprint density at radius 1 is 1.26 bits per heavy atom. The van der Waals surface area contributed by atoms with E-state index < -0.39 is 10.2 Å². The summed E-state index contributed by atoms with van der Waals surface area (Å²) >= 11 is 0. The molecule has 0 radical (unpaired) electrons. The number of nitrogens with zero attached hydrogens (tertiary/aromatic N) is 4. The number of aryl methyl sites for hydroxylation is 1. The van der Waals surface area contributed by atoms with E-state index in [1.54, 1.807) is 24.7 Å². The van der Waals surface area contributed by atoms with Crippen LogP contribution in [-0.2, 0) is 15.0 Å². The lowest BCUT2D eigenvalue weighted by atomic mass is 10.1. The number of pyridine rings is 3. The van der Waals surface area contributed by atoms with Crippen molar-refractivity contribution in [2.24, 2.45) is 0 Å². The maximum atomic E-state index is 12.3. The fourth-order valence-electron chi connectivity index (χ4n) is 3.26. The highest BCUT2D eigenvalue weighted by Gasteiger charge is 2.30. The van der Waals surface area contributed by atoms with Crippen LogP contribution < -0.4 is 15.8 Å². The fraction of sp³-hybridized carbons (Fsp3) is 0.200. The van der Waals surface area contributed by atoms with E-state index in [0.29, 0.717) is 28.3 Å². The van der Waals surface area contributed by atoms with Gasteiger partial charge < -0.3 is 11.1 Å². The zero-order chi connectivity index (χ0) is 22.2. The molecule has 1 aliphatic heterocycles. The van der Waals surface area contributed by atoms with Gasteiger partial charge in [-0.1, -0.05) is 0 Å². The molecule has 4 rings (SSSR count). The molecule has 0 bridgehead atoms. The number of hydrogen-bond donors (Lipinski definition) is 3. The highest BCUT2D eigenvalue weighted by molar-refractivity contribution is 7.87. The molecular weight excluding hydrogens is 418 g/mol. The number of hydrogen-bond acceptors (Lipinski definition) is 7. The van der Waals surface area contributed by atoms with Gasteiger partial charge in [0.1, 0.15) is 11.6 Å². The number of rotatable bonds is 5. The Kier molecular flexibility index (Phi) is 5.39. The van der Waals surface area contributed by atoms with Crippen molar-refractivity contribution in [3.8, 4) is 11.3 Å². The number of nitrogens with one attached hydrogen (secondary N) is 2. The molecule has 31 heavy (non-hydrogen) atoms. The summed E-state index contributed by atoms with van der Waals surface area (Å²) in [5.41, 5.74) is 9.40. The third kappa shape index (κ3) is 4.24. The highest BCUT2D eigenvalue weighted by Crippen LogP contribution is 2.28. The topological polar surface area (TPSA) is 143 Å². The van der Waals surface area contributed by atoms with Gasteiger partial charge in [-0.25, -0.2) is 14.7 Å². The van der Waals surface area contributed by atoms with Gasteiger partial charge in [-0.2, -0.15) is 12.7 Å². The lowest BCUT2D eigenvalue weighted by Crippen LogP contribution is -2.49. The first-order valence-corrected chi connectivity index (χ1v) is 10.9. The minimum absolute atomic E-state index is 0.178. The minimum Gasteiger partial charge on any atom is -0.383 e. The Bertz CT molecular complexity index is 1310. The summed E-state index contributed by atoms with van der Waals surface area (Å²) in [7, 11) is -2.13. The van der Waals surface area contributed by atoms with Gasteiger partial charge in [0.15, 0.2) is 0 Å². The maximum absolute atomic E-state index is 12.3. The molecule has 0 aliphatic carbocycles. The second kappa shape index (κ2) is 8.02. The van der Waals surface area contributed by atoms with Gasteiger partial charge in [0, 0.05) is 55.8 Å². The molecule has 3 aromatic rings. The molecule has 1 aliphatic rings. The smallest absolute Gasteiger partial charge is 0.279 e. The number of anilines is 2. The molecule has 10 nitrogen and oxygen atoms in total. The Labute approximate surface area is 179 Å². The van der Waals surface area contributed by atoms with Gasteiger partial charge >= 0.3 is 0 Å². The molecule has 160 valence electrons. The van der Waals surface area contributed by atoms with Gasteiger partial charge in [-0.15, -0.1) is 0 Å². The Morgan fingerprint density at radius 2 is 2.03 bits per heavy atom. The third-order valence-corrected chi connectivity index (χ3v) is 6.46. The van der Waals surface area contributed by atoms with E-state index in [0.717, 1.165) is 16.5 Å². The van der Waals surface area contributed by atoms with E-state index in [2.05, 4.69) is 25.0 Å². The molecule has 0 atom stereocenters. The van der Waals surface area contributed by atoms with Crippen LogP contribution in [0.5, 0.6) is 0 Å². The number of nitrogen functional groups attached to an aromatic ring is 1. The van der Waals surface area contributed by atoms with Crippen molar-refractivity contribution < 1.29 is 13.2 Å². The summed E-state index contributed by atoms with van der Waals surface area (Å²) in [5.74, 6) is 0.310. The number of fused-ring (bicyclic) bond motifs is 1. The van der Waals surface area contributed by atoms with Gasteiger partial charge in [0.2, 0.25) is 5.91 Å². The van der Waals surface area contributed by atoms with Crippen LogP contribution in [0.15, 0.2) is 48.4 Å². The summed E-state index contributed by atoms with van der Waals surface area (Å²) in [6.07, 6.45) is 6.39. The first kappa shape index (κ1) is 20.8. The Hall–Kier alpha value is -3.41. The van der Waals surface area contributed by atoms with Gasteiger partial charge in [0.05, 0.1) is 5.69 Å². The van der Waals surface area contributed by atoms with E-state index >= 15 is 0 Å². The van der Waals surface area contributed by atoms with Crippen molar-refractivity contribution in [2.75, 3.05) is 31.2 Å². The standard InChI is InChI=1S/C20H21N7O3S/c1-12-3-4-23-8-15(12)17-6-14-7-18(24-9-16(14)20(21)25-17)26-19(28)5-13-10-27(11-13)31(29,30)22-2/h3-9,22H,10-11H2,1-2H3,(H2,21,25)(H,24,26,28). The van der Waals surface area contributed by atoms with Gasteiger partial charge in [-0.3, -0.25) is 9.78 Å². The summed E-state index contributed by atoms with van der Waals surface area (Å²) in [4.78, 5) is 25.2. The normalized spacial score (nSPS) is 14.3. The average molecular weight is 440 g/mol. The van der Waals surface area contributed by atoms with Crippen LogP contribution in [-0.4, -0.2) is 53.7 Å². The van der Waals surface area contributed by atoms with Gasteiger partial charge in [0.25, 0.3) is 10.2 Å². The molecule has 0 saturated carbocycles. The Balaban J connectivity index is 1.55. The van der Waals surface area contributed by atoms with Crippen molar-refractivity contribution in [1.82, 2.24) is 24.0 Å². The van der Waals surface area contributed by atoms with Crippen LogP contribution in [0.1, 0.15) is 5.56 Å². The molecule has 1 saturated heterocycles. The van der Waals surface area contributed by atoms with Crippen LogP contribution in [0, 0.1) is 6.92 Å². The zero-order valence-electron chi connectivity index (χ0n) is 17.0. The first-order valence-electron chi connectivity index (χ1n) is 9.43. The zero-order valence-corrected chi connectivity index (χ0v) is 17.8. The summed E-state index contributed by atoms with van der Waals surface area (Å²) in [6, 6.07) is 5.49. The second-order valence-electron chi connectivity index (χ2n) is 7.14. The number of carbonyl (C=O) groups is 1. The molecule has 4 heterocycles. The molecule has 0 unspecified atom stereocenters. The molecule has 0 aromatic carbocycles. The van der Waals surface area contributed by atoms with Crippen molar-refractivity contribution in [2.45, 2.75) is 6.92 Å². The summed E-state index contributed by atoms with van der Waals surface area (Å²) < 4.78 is 26.8. The molecule has 1 amide bonds. The fourth-order valence-corrected chi connectivity index (χ4v) is 4.19. The van der Waals surface area contributed by atoms with E-state index in [4.69, 9.17) is 5.73 Å². The summed E-state index contributed by atoms with van der Waals surface area (Å²) in [5, 5.41) is 4.16. The molecule has 3 aromatic heterocycles. The predicted octanol–water partition coefficient (Wildman–Crippen LogP) is 1.23. The number of aromatic nitrogens is 3. The van der Waals surface area contributed by atoms with Crippen molar-refractivity contribution in [3.63, 3.8) is 0 Å². The largest absolute Gasteiger partial charge is 0.383 e. The second-order valence-corrected chi connectivity index (χ2v) is 9.02. The Morgan fingerprint density at radius 3 is 2.74 bits per heavy atom. The maximum Gasteiger partial charge on any atom is 0.279 e. The summed E-state index contributed by atoms with van der Waals surface area (Å²) in [6.45, 7) is 2.32. The van der Waals surface area contributed by atoms with Crippen LogP contribution in [0.25, 0.3) is 22.0 Å². The van der Waals surface area contributed by atoms with Crippen LogP contribution in [0.4, 0.5) is 11.6 Å². The van der Waals surface area contributed by atoms with Crippen LogP contribution in [0.2, 0.25) is 0 Å². The van der Waals surface area contributed by atoms with Crippen LogP contribution in [0.3, 0.4) is 0 Å². The molecule has 11 heteroatoms. The average Bonchev–Trinajstić information content (AvgIpc) is 2.70. The van der Waals surface area contributed by atoms with Crippen molar-refractivity contribution in [3.05, 3.63) is 54.0 Å². The van der Waals surface area contributed by atoms with E-state index in [1.165, 1.54) is 17.4 Å². The number of amides is 1. The van der Waals surface area contributed by atoms with Crippen molar-refractivity contribution >= 4 is 38.5 Å². The quantitative estimate of drug-likeness (QED) is 0.507. The lowest BCUT2D eigenvalue weighted by Gasteiger charge is -2.32. The third-order valence-electron chi connectivity index (χ3n) is 5.00. The van der Waals surface area contributed by atoms with E-state index in [-0.39, 0.29) is 19.0 Å². The monoisotopic (exact) mass is 439 g/mol. The molecule has 0 spiro atoms. The SMILES string of the molecule is CNS(=O)(=O)N1CC(=CC(=O)Nc2cc3cc(-c4cnccc4C)nc(N)c3cn2)C1. The number of nitrogens with two attached hydrogens (primary N) is 1. The van der Waals surface area contributed by atoms with E-state index in [1.807, 2.05) is 19.1 Å².